The number of rotatable bonds is 4. The molecule has 2 aromatic carbocycles. The van der Waals surface area contributed by atoms with Gasteiger partial charge in [-0.25, -0.2) is 4.39 Å². The van der Waals surface area contributed by atoms with Crippen LogP contribution in [0, 0.1) is 5.82 Å². The van der Waals surface area contributed by atoms with Gasteiger partial charge in [0.05, 0.1) is 5.02 Å². The highest BCUT2D eigenvalue weighted by Gasteiger charge is 2.28. The summed E-state index contributed by atoms with van der Waals surface area (Å²) in [5, 5.41) is 0.138. The summed E-state index contributed by atoms with van der Waals surface area (Å²) in [6.07, 6.45) is 1.92. The zero-order chi connectivity index (χ0) is 14.1. The van der Waals surface area contributed by atoms with Crippen molar-refractivity contribution in [2.24, 2.45) is 5.84 Å². The van der Waals surface area contributed by atoms with Crippen LogP contribution in [-0.2, 0) is 6.42 Å². The van der Waals surface area contributed by atoms with Crippen molar-refractivity contribution in [1.82, 2.24) is 5.43 Å². The van der Waals surface area contributed by atoms with Crippen LogP contribution in [0.15, 0.2) is 42.5 Å². The van der Waals surface area contributed by atoms with Crippen molar-refractivity contribution >= 4 is 11.6 Å². The third kappa shape index (κ3) is 2.44. The maximum atomic E-state index is 13.5. The third-order valence-electron chi connectivity index (χ3n) is 4.03. The average molecular weight is 291 g/mol. The molecule has 0 fully saturated rings. The maximum Gasteiger partial charge on any atom is 0.142 e. The highest BCUT2D eigenvalue weighted by molar-refractivity contribution is 6.30. The summed E-state index contributed by atoms with van der Waals surface area (Å²) in [4.78, 5) is 0. The molecule has 1 aliphatic carbocycles. The van der Waals surface area contributed by atoms with Crippen LogP contribution >= 0.6 is 11.6 Å². The number of hydrogen-bond donors (Lipinski definition) is 2. The molecule has 0 spiro atoms. The van der Waals surface area contributed by atoms with Crippen LogP contribution in [0.5, 0.6) is 0 Å². The molecule has 0 saturated heterocycles. The molecule has 2 nitrogen and oxygen atoms in total. The van der Waals surface area contributed by atoms with Gasteiger partial charge in [0.25, 0.3) is 0 Å². The van der Waals surface area contributed by atoms with Crippen molar-refractivity contribution < 1.29 is 4.39 Å². The molecule has 3 rings (SSSR count). The Bertz CT molecular complexity index is 630. The fourth-order valence-corrected chi connectivity index (χ4v) is 3.00. The molecule has 0 aromatic heterocycles. The van der Waals surface area contributed by atoms with E-state index in [1.165, 1.54) is 17.2 Å². The smallest absolute Gasteiger partial charge is 0.142 e. The summed E-state index contributed by atoms with van der Waals surface area (Å²) < 4.78 is 13.5. The SMILES string of the molecule is NNC(CC1Cc2ccccc21)c1ccc(Cl)c(F)c1. The molecular formula is C16H16ClFN2. The quantitative estimate of drug-likeness (QED) is 0.665. The van der Waals surface area contributed by atoms with Crippen LogP contribution in [0.25, 0.3) is 0 Å². The van der Waals surface area contributed by atoms with Crippen LogP contribution in [0.2, 0.25) is 5.02 Å². The normalized spacial score (nSPS) is 18.2. The molecule has 0 bridgehead atoms. The number of nitrogens with one attached hydrogen (secondary N) is 1. The Morgan fingerprint density at radius 3 is 2.80 bits per heavy atom. The standard InChI is InChI=1S/C16H16ClFN2/c17-14-6-5-11(8-15(14)18)16(20-19)9-12-7-10-3-1-2-4-13(10)12/h1-6,8,12,16,20H,7,9,19H2. The van der Waals surface area contributed by atoms with Crippen LogP contribution in [0.1, 0.15) is 35.1 Å². The predicted octanol–water partition coefficient (Wildman–Crippen LogP) is 3.71. The Balaban J connectivity index is 1.77. The predicted molar refractivity (Wildman–Crippen MR) is 79.0 cm³/mol. The van der Waals surface area contributed by atoms with E-state index in [4.69, 9.17) is 17.4 Å². The van der Waals surface area contributed by atoms with Gasteiger partial charge >= 0.3 is 0 Å². The Labute approximate surface area is 122 Å². The summed E-state index contributed by atoms with van der Waals surface area (Å²) in [6, 6.07) is 13.2. The van der Waals surface area contributed by atoms with Crippen molar-refractivity contribution in [3.8, 4) is 0 Å². The van der Waals surface area contributed by atoms with E-state index in [0.29, 0.717) is 5.92 Å². The van der Waals surface area contributed by atoms with Crippen LogP contribution < -0.4 is 11.3 Å². The lowest BCUT2D eigenvalue weighted by Crippen LogP contribution is -2.31. The zero-order valence-corrected chi connectivity index (χ0v) is 11.7. The van der Waals surface area contributed by atoms with Crippen molar-refractivity contribution in [3.63, 3.8) is 0 Å². The number of nitrogens with two attached hydrogens (primary N) is 1. The van der Waals surface area contributed by atoms with Gasteiger partial charge in [-0.1, -0.05) is 41.9 Å². The van der Waals surface area contributed by atoms with Crippen molar-refractivity contribution in [3.05, 3.63) is 70.0 Å². The van der Waals surface area contributed by atoms with Gasteiger partial charge in [-0.15, -0.1) is 0 Å². The molecule has 104 valence electrons. The van der Waals surface area contributed by atoms with E-state index in [-0.39, 0.29) is 11.1 Å². The highest BCUT2D eigenvalue weighted by atomic mass is 35.5. The monoisotopic (exact) mass is 290 g/mol. The van der Waals surface area contributed by atoms with E-state index in [1.807, 2.05) is 6.07 Å². The molecule has 20 heavy (non-hydrogen) atoms. The Morgan fingerprint density at radius 1 is 1.30 bits per heavy atom. The first-order chi connectivity index (χ1) is 9.69. The van der Waals surface area contributed by atoms with Gasteiger partial charge in [-0.05, 0) is 47.6 Å². The summed E-state index contributed by atoms with van der Waals surface area (Å²) in [5.41, 5.74) is 6.39. The largest absolute Gasteiger partial charge is 0.271 e. The molecular weight excluding hydrogens is 275 g/mol. The first kappa shape index (κ1) is 13.6. The molecule has 0 radical (unpaired) electrons. The molecule has 2 aromatic rings. The van der Waals surface area contributed by atoms with E-state index in [2.05, 4.69) is 29.7 Å². The van der Waals surface area contributed by atoms with E-state index in [1.54, 1.807) is 6.07 Å². The molecule has 2 unspecified atom stereocenters. The van der Waals surface area contributed by atoms with Gasteiger partial charge in [0.1, 0.15) is 5.82 Å². The molecule has 0 amide bonds. The second kappa shape index (κ2) is 5.52. The Hall–Kier alpha value is -1.42. The van der Waals surface area contributed by atoms with Crippen molar-refractivity contribution in [2.45, 2.75) is 24.8 Å². The Kier molecular flexibility index (Phi) is 3.74. The van der Waals surface area contributed by atoms with Crippen molar-refractivity contribution in [2.75, 3.05) is 0 Å². The fourth-order valence-electron chi connectivity index (χ4n) is 2.89. The van der Waals surface area contributed by atoms with E-state index < -0.39 is 5.82 Å². The minimum atomic E-state index is -0.404. The fraction of sp³-hybridized carbons (Fsp3) is 0.250. The lowest BCUT2D eigenvalue weighted by atomic mass is 9.74. The third-order valence-corrected chi connectivity index (χ3v) is 4.34. The van der Waals surface area contributed by atoms with Gasteiger partial charge in [0, 0.05) is 6.04 Å². The Morgan fingerprint density at radius 2 is 2.10 bits per heavy atom. The molecule has 3 N–H and O–H groups in total. The molecule has 0 saturated carbocycles. The van der Waals surface area contributed by atoms with Crippen LogP contribution in [0.4, 0.5) is 4.39 Å². The topological polar surface area (TPSA) is 38.0 Å². The minimum absolute atomic E-state index is 0.0693. The lowest BCUT2D eigenvalue weighted by molar-refractivity contribution is 0.434. The number of benzene rings is 2. The van der Waals surface area contributed by atoms with E-state index in [9.17, 15) is 4.39 Å². The summed E-state index contributed by atoms with van der Waals surface area (Å²) in [5.74, 6) is 5.71. The zero-order valence-electron chi connectivity index (χ0n) is 10.9. The van der Waals surface area contributed by atoms with Gasteiger partial charge in [-0.2, -0.15) is 0 Å². The van der Waals surface area contributed by atoms with Crippen molar-refractivity contribution in [1.29, 1.82) is 0 Å². The second-order valence-electron chi connectivity index (χ2n) is 5.23. The van der Waals surface area contributed by atoms with Gasteiger partial charge in [0.15, 0.2) is 0 Å². The first-order valence-corrected chi connectivity index (χ1v) is 7.05. The molecule has 1 aliphatic rings. The van der Waals surface area contributed by atoms with E-state index in [0.717, 1.165) is 18.4 Å². The summed E-state index contributed by atoms with van der Waals surface area (Å²) >= 11 is 5.71. The van der Waals surface area contributed by atoms with E-state index >= 15 is 0 Å². The summed E-state index contributed by atoms with van der Waals surface area (Å²) in [6.45, 7) is 0. The number of hydrazine groups is 1. The molecule has 2 atom stereocenters. The van der Waals surface area contributed by atoms with Gasteiger partial charge < -0.3 is 0 Å². The van der Waals surface area contributed by atoms with Gasteiger partial charge in [0.2, 0.25) is 0 Å². The first-order valence-electron chi connectivity index (χ1n) is 6.68. The molecule has 0 aliphatic heterocycles. The highest BCUT2D eigenvalue weighted by Crippen LogP contribution is 2.40. The molecule has 0 heterocycles. The average Bonchev–Trinajstić information content (AvgIpc) is 2.44. The number of fused-ring (bicyclic) bond motifs is 1. The maximum absolute atomic E-state index is 13.5. The molecule has 4 heteroatoms. The number of hydrogen-bond acceptors (Lipinski definition) is 2. The minimum Gasteiger partial charge on any atom is -0.271 e. The second-order valence-corrected chi connectivity index (χ2v) is 5.64. The number of halogens is 2. The van der Waals surface area contributed by atoms with Crippen LogP contribution in [0.3, 0.4) is 0 Å². The van der Waals surface area contributed by atoms with Crippen LogP contribution in [-0.4, -0.2) is 0 Å². The summed E-state index contributed by atoms with van der Waals surface area (Å²) in [7, 11) is 0. The van der Waals surface area contributed by atoms with Gasteiger partial charge in [-0.3, -0.25) is 11.3 Å². The lowest BCUT2D eigenvalue weighted by Gasteiger charge is -2.33.